The van der Waals surface area contributed by atoms with Crippen LogP contribution in [-0.4, -0.2) is 5.91 Å². The maximum Gasteiger partial charge on any atom is 0.228 e. The molecule has 21 heavy (non-hydrogen) atoms. The lowest BCUT2D eigenvalue weighted by atomic mass is 10.1. The number of rotatable bonds is 3. The second-order valence-corrected chi connectivity index (χ2v) is 5.81. The molecule has 0 radical (unpaired) electrons. The number of amides is 1. The number of carbonyl (C=O) groups excluding carboxylic acids is 1. The van der Waals surface area contributed by atoms with Gasteiger partial charge < -0.3 is 11.1 Å². The average molecular weight is 323 g/mol. The highest BCUT2D eigenvalue weighted by atomic mass is 35.5. The third-order valence-electron chi connectivity index (χ3n) is 3.29. The first-order chi connectivity index (χ1) is 9.86. The van der Waals surface area contributed by atoms with Gasteiger partial charge in [-0.25, -0.2) is 0 Å². The van der Waals surface area contributed by atoms with Crippen LogP contribution in [0.2, 0.25) is 10.0 Å². The number of anilines is 2. The molecule has 1 amide bonds. The molecule has 2 aromatic carbocycles. The highest BCUT2D eigenvalue weighted by Crippen LogP contribution is 2.25. The molecule has 3 nitrogen and oxygen atoms in total. The fourth-order valence-electron chi connectivity index (χ4n) is 1.98. The molecule has 0 atom stereocenters. The van der Waals surface area contributed by atoms with Gasteiger partial charge in [-0.15, -0.1) is 0 Å². The molecule has 0 aliphatic rings. The van der Waals surface area contributed by atoms with Gasteiger partial charge in [-0.05, 0) is 54.8 Å². The molecule has 0 saturated heterocycles. The molecule has 0 spiro atoms. The summed E-state index contributed by atoms with van der Waals surface area (Å²) in [6.07, 6.45) is 0.212. The lowest BCUT2D eigenvalue weighted by Crippen LogP contribution is -2.15. The van der Waals surface area contributed by atoms with Gasteiger partial charge in [0.25, 0.3) is 0 Å². The zero-order valence-electron chi connectivity index (χ0n) is 11.8. The molecule has 3 N–H and O–H groups in total. The Balaban J connectivity index is 2.11. The zero-order chi connectivity index (χ0) is 15.6. The molecule has 5 heteroatoms. The van der Waals surface area contributed by atoms with Crippen molar-refractivity contribution in [3.63, 3.8) is 0 Å². The van der Waals surface area contributed by atoms with Gasteiger partial charge in [0, 0.05) is 0 Å². The summed E-state index contributed by atoms with van der Waals surface area (Å²) in [6.45, 7) is 3.95. The largest absolute Gasteiger partial charge is 0.397 e. The Morgan fingerprint density at radius 2 is 1.76 bits per heavy atom. The monoisotopic (exact) mass is 322 g/mol. The van der Waals surface area contributed by atoms with Gasteiger partial charge in [-0.3, -0.25) is 4.79 Å². The van der Waals surface area contributed by atoms with Crippen LogP contribution in [0.15, 0.2) is 30.3 Å². The molecule has 0 saturated carbocycles. The van der Waals surface area contributed by atoms with Crippen molar-refractivity contribution in [2.75, 3.05) is 11.1 Å². The lowest BCUT2D eigenvalue weighted by molar-refractivity contribution is -0.115. The Bertz CT molecular complexity index is 699. The Morgan fingerprint density at radius 1 is 1.10 bits per heavy atom. The summed E-state index contributed by atoms with van der Waals surface area (Å²) in [5.74, 6) is -0.150. The van der Waals surface area contributed by atoms with E-state index in [2.05, 4.69) is 5.32 Å². The number of nitrogen functional groups attached to an aromatic ring is 1. The number of nitrogens with two attached hydrogens (primary N) is 1. The number of benzene rings is 2. The molecular weight excluding hydrogens is 307 g/mol. The molecule has 0 fully saturated rings. The van der Waals surface area contributed by atoms with Crippen molar-refractivity contribution in [3.05, 3.63) is 57.1 Å². The van der Waals surface area contributed by atoms with Crippen LogP contribution in [0, 0.1) is 13.8 Å². The summed E-state index contributed by atoms with van der Waals surface area (Å²) in [4.78, 5) is 12.1. The number of hydrogen-bond donors (Lipinski definition) is 2. The fourth-order valence-corrected chi connectivity index (χ4v) is 2.30. The van der Waals surface area contributed by atoms with Crippen molar-refractivity contribution in [1.29, 1.82) is 0 Å². The molecule has 110 valence electrons. The molecule has 0 aliphatic carbocycles. The molecule has 0 aromatic heterocycles. The number of halogens is 2. The van der Waals surface area contributed by atoms with Crippen molar-refractivity contribution in [2.45, 2.75) is 20.3 Å². The zero-order valence-corrected chi connectivity index (χ0v) is 13.3. The Kier molecular flexibility index (Phi) is 4.76. The van der Waals surface area contributed by atoms with Crippen LogP contribution in [-0.2, 0) is 11.2 Å². The minimum atomic E-state index is -0.150. The Hall–Kier alpha value is -1.71. The molecule has 0 bridgehead atoms. The van der Waals surface area contributed by atoms with Crippen LogP contribution in [0.5, 0.6) is 0 Å². The normalized spacial score (nSPS) is 10.5. The van der Waals surface area contributed by atoms with Crippen molar-refractivity contribution >= 4 is 40.5 Å². The second-order valence-electron chi connectivity index (χ2n) is 5.00. The van der Waals surface area contributed by atoms with Crippen molar-refractivity contribution in [3.8, 4) is 0 Å². The third-order valence-corrected chi connectivity index (χ3v) is 4.03. The molecule has 0 aliphatic heterocycles. The maximum atomic E-state index is 12.1. The number of nitrogens with one attached hydrogen (secondary N) is 1. The maximum absolute atomic E-state index is 12.1. The third kappa shape index (κ3) is 3.90. The first-order valence-electron chi connectivity index (χ1n) is 6.47. The minimum Gasteiger partial charge on any atom is -0.397 e. The average Bonchev–Trinajstić information content (AvgIpc) is 2.40. The molecule has 0 heterocycles. The second kappa shape index (κ2) is 6.37. The van der Waals surface area contributed by atoms with E-state index in [-0.39, 0.29) is 12.3 Å². The van der Waals surface area contributed by atoms with Gasteiger partial charge in [-0.2, -0.15) is 0 Å². The summed E-state index contributed by atoms with van der Waals surface area (Å²) >= 11 is 11.8. The van der Waals surface area contributed by atoms with Crippen molar-refractivity contribution in [2.24, 2.45) is 0 Å². The van der Waals surface area contributed by atoms with Gasteiger partial charge in [0.1, 0.15) is 0 Å². The lowest BCUT2D eigenvalue weighted by Gasteiger charge is -2.11. The first-order valence-corrected chi connectivity index (χ1v) is 7.23. The van der Waals surface area contributed by atoms with E-state index < -0.39 is 0 Å². The summed E-state index contributed by atoms with van der Waals surface area (Å²) in [6, 6.07) is 8.86. The SMILES string of the molecule is Cc1cc(N)c(NC(=O)Cc2ccc(Cl)c(Cl)c2)cc1C. The fraction of sp³-hybridized carbons (Fsp3) is 0.188. The summed E-state index contributed by atoms with van der Waals surface area (Å²) in [5.41, 5.74) is 10.1. The molecule has 2 aromatic rings. The van der Waals surface area contributed by atoms with E-state index in [0.717, 1.165) is 16.7 Å². The predicted octanol–water partition coefficient (Wildman–Crippen LogP) is 4.37. The van der Waals surface area contributed by atoms with Crippen LogP contribution in [0.4, 0.5) is 11.4 Å². The van der Waals surface area contributed by atoms with Gasteiger partial charge in [0.05, 0.1) is 27.8 Å². The van der Waals surface area contributed by atoms with E-state index >= 15 is 0 Å². The summed E-state index contributed by atoms with van der Waals surface area (Å²) in [7, 11) is 0. The standard InChI is InChI=1S/C16H16Cl2N2O/c1-9-5-14(19)15(6-10(9)2)20-16(21)8-11-3-4-12(17)13(18)7-11/h3-7H,8,19H2,1-2H3,(H,20,21). The van der Waals surface area contributed by atoms with E-state index in [1.54, 1.807) is 18.2 Å². The first kappa shape index (κ1) is 15.7. The highest BCUT2D eigenvalue weighted by molar-refractivity contribution is 6.42. The van der Waals surface area contributed by atoms with E-state index in [4.69, 9.17) is 28.9 Å². The van der Waals surface area contributed by atoms with Crippen molar-refractivity contribution in [1.82, 2.24) is 0 Å². The van der Waals surface area contributed by atoms with E-state index in [1.807, 2.05) is 26.0 Å². The molecule has 0 unspecified atom stereocenters. The van der Waals surface area contributed by atoms with Gasteiger partial charge in [-0.1, -0.05) is 29.3 Å². The summed E-state index contributed by atoms with van der Waals surface area (Å²) in [5, 5.41) is 3.73. The number of aryl methyl sites for hydroxylation is 2. The predicted molar refractivity (Wildman–Crippen MR) is 89.1 cm³/mol. The smallest absolute Gasteiger partial charge is 0.228 e. The quantitative estimate of drug-likeness (QED) is 0.824. The van der Waals surface area contributed by atoms with Gasteiger partial charge in [0.15, 0.2) is 0 Å². The van der Waals surface area contributed by atoms with E-state index in [9.17, 15) is 4.79 Å². The van der Waals surface area contributed by atoms with Crippen LogP contribution in [0.1, 0.15) is 16.7 Å². The summed E-state index contributed by atoms with van der Waals surface area (Å²) < 4.78 is 0. The van der Waals surface area contributed by atoms with Crippen LogP contribution < -0.4 is 11.1 Å². The number of carbonyl (C=O) groups is 1. The van der Waals surface area contributed by atoms with Gasteiger partial charge in [0.2, 0.25) is 5.91 Å². The number of hydrogen-bond acceptors (Lipinski definition) is 2. The van der Waals surface area contributed by atoms with E-state index in [0.29, 0.717) is 21.4 Å². The topological polar surface area (TPSA) is 55.1 Å². The van der Waals surface area contributed by atoms with Crippen LogP contribution >= 0.6 is 23.2 Å². The molecule has 2 rings (SSSR count). The van der Waals surface area contributed by atoms with Crippen LogP contribution in [0.3, 0.4) is 0 Å². The minimum absolute atomic E-state index is 0.150. The Labute approximate surface area is 134 Å². The Morgan fingerprint density at radius 3 is 2.43 bits per heavy atom. The van der Waals surface area contributed by atoms with Crippen LogP contribution in [0.25, 0.3) is 0 Å². The van der Waals surface area contributed by atoms with Gasteiger partial charge >= 0.3 is 0 Å². The molecular formula is C16H16Cl2N2O. The van der Waals surface area contributed by atoms with Crippen molar-refractivity contribution < 1.29 is 4.79 Å². The van der Waals surface area contributed by atoms with E-state index in [1.165, 1.54) is 0 Å². The highest BCUT2D eigenvalue weighted by Gasteiger charge is 2.09.